The van der Waals surface area contributed by atoms with Crippen LogP contribution in [0.15, 0.2) is 24.3 Å². The van der Waals surface area contributed by atoms with Crippen molar-refractivity contribution in [1.29, 1.82) is 0 Å². The van der Waals surface area contributed by atoms with Gasteiger partial charge in [-0.1, -0.05) is 12.1 Å². The summed E-state index contributed by atoms with van der Waals surface area (Å²) in [6, 6.07) is 6.60. The lowest BCUT2D eigenvalue weighted by Crippen LogP contribution is -2.59. The molecule has 0 bridgehead atoms. The Kier molecular flexibility index (Phi) is 5.51. The summed E-state index contributed by atoms with van der Waals surface area (Å²) in [6.45, 7) is -0.268. The molecule has 5 atom stereocenters. The van der Waals surface area contributed by atoms with Gasteiger partial charge in [0.05, 0.1) is 13.2 Å². The van der Waals surface area contributed by atoms with Crippen molar-refractivity contribution in [2.45, 2.75) is 37.1 Å². The van der Waals surface area contributed by atoms with Gasteiger partial charge in [-0.05, 0) is 24.1 Å². The molecule has 1 aliphatic rings. The average Bonchev–Trinajstić information content (AvgIpc) is 2.49. The number of aliphatic hydroxyl groups is 4. The van der Waals surface area contributed by atoms with Crippen LogP contribution in [0.5, 0.6) is 5.75 Å². The van der Waals surface area contributed by atoms with Crippen molar-refractivity contribution in [1.82, 2.24) is 0 Å². The number of phenols is 1. The van der Waals surface area contributed by atoms with Crippen LogP contribution in [0.4, 0.5) is 0 Å². The van der Waals surface area contributed by atoms with Crippen molar-refractivity contribution >= 4 is 0 Å². The Hall–Kier alpha value is -1.22. The van der Waals surface area contributed by atoms with E-state index < -0.39 is 37.3 Å². The molecule has 1 aliphatic heterocycles. The van der Waals surface area contributed by atoms with Gasteiger partial charge in [-0.25, -0.2) is 0 Å². The summed E-state index contributed by atoms with van der Waals surface area (Å²) < 4.78 is 10.6. The average molecular weight is 300 g/mol. The van der Waals surface area contributed by atoms with E-state index in [1.54, 1.807) is 24.3 Å². The molecule has 1 aromatic carbocycles. The van der Waals surface area contributed by atoms with E-state index in [9.17, 15) is 20.4 Å². The maximum atomic E-state index is 9.78. The van der Waals surface area contributed by atoms with Crippen LogP contribution in [0.2, 0.25) is 0 Å². The minimum Gasteiger partial charge on any atom is -0.508 e. The summed E-state index contributed by atoms with van der Waals surface area (Å²) >= 11 is 0. The molecule has 0 amide bonds. The summed E-state index contributed by atoms with van der Waals surface area (Å²) in [5.41, 5.74) is 0.928. The van der Waals surface area contributed by atoms with Gasteiger partial charge >= 0.3 is 0 Å². The predicted octanol–water partition coefficient (Wildman–Crippen LogP) is -1.25. The Balaban J connectivity index is 1.85. The van der Waals surface area contributed by atoms with Crippen LogP contribution in [0.3, 0.4) is 0 Å². The van der Waals surface area contributed by atoms with Crippen molar-refractivity contribution < 1.29 is 35.0 Å². The second kappa shape index (κ2) is 7.17. The number of hydrogen-bond acceptors (Lipinski definition) is 7. The van der Waals surface area contributed by atoms with Crippen molar-refractivity contribution in [2.75, 3.05) is 13.2 Å². The van der Waals surface area contributed by atoms with Gasteiger partial charge in [-0.3, -0.25) is 0 Å². The number of aliphatic hydroxyl groups excluding tert-OH is 4. The van der Waals surface area contributed by atoms with E-state index in [0.29, 0.717) is 6.42 Å². The third kappa shape index (κ3) is 3.91. The standard InChI is InChI=1S/C14H20O7/c15-7-10-11(17)12(18)13(19)14(21-10)20-6-5-8-1-3-9(16)4-2-8/h1-4,10-19H,5-7H2. The molecule has 2 rings (SSSR count). The highest BCUT2D eigenvalue weighted by Gasteiger charge is 2.43. The predicted molar refractivity (Wildman–Crippen MR) is 71.5 cm³/mol. The third-order valence-electron chi connectivity index (χ3n) is 3.46. The van der Waals surface area contributed by atoms with E-state index in [2.05, 4.69) is 0 Å². The molecular formula is C14H20O7. The summed E-state index contributed by atoms with van der Waals surface area (Å²) in [5, 5.41) is 47.3. The van der Waals surface area contributed by atoms with Crippen LogP contribution in [0.1, 0.15) is 5.56 Å². The smallest absolute Gasteiger partial charge is 0.186 e. The minimum atomic E-state index is -1.44. The van der Waals surface area contributed by atoms with Crippen LogP contribution in [-0.4, -0.2) is 69.5 Å². The highest BCUT2D eigenvalue weighted by atomic mass is 16.7. The first-order chi connectivity index (χ1) is 10.0. The number of ether oxygens (including phenoxy) is 2. The molecule has 0 spiro atoms. The molecule has 0 aromatic heterocycles. The Labute approximate surface area is 122 Å². The first kappa shape index (κ1) is 16.2. The fourth-order valence-corrected chi connectivity index (χ4v) is 2.16. The van der Waals surface area contributed by atoms with Crippen LogP contribution >= 0.6 is 0 Å². The monoisotopic (exact) mass is 300 g/mol. The second-order valence-electron chi connectivity index (χ2n) is 4.98. The number of rotatable bonds is 5. The largest absolute Gasteiger partial charge is 0.508 e. The summed E-state index contributed by atoms with van der Waals surface area (Å²) in [7, 11) is 0. The van der Waals surface area contributed by atoms with E-state index >= 15 is 0 Å². The van der Waals surface area contributed by atoms with E-state index in [1.807, 2.05) is 0 Å². The lowest BCUT2D eigenvalue weighted by Gasteiger charge is -2.39. The Morgan fingerprint density at radius 3 is 2.29 bits per heavy atom. The van der Waals surface area contributed by atoms with E-state index in [1.165, 1.54) is 0 Å². The molecule has 7 nitrogen and oxygen atoms in total. The molecule has 1 aromatic rings. The second-order valence-corrected chi connectivity index (χ2v) is 4.98. The fourth-order valence-electron chi connectivity index (χ4n) is 2.16. The van der Waals surface area contributed by atoms with Crippen molar-refractivity contribution in [3.05, 3.63) is 29.8 Å². The van der Waals surface area contributed by atoms with Gasteiger partial charge in [0, 0.05) is 0 Å². The number of hydrogen-bond donors (Lipinski definition) is 5. The van der Waals surface area contributed by atoms with E-state index in [0.717, 1.165) is 5.56 Å². The van der Waals surface area contributed by atoms with Gasteiger partial charge in [0.25, 0.3) is 0 Å². The molecule has 7 heteroatoms. The molecule has 1 heterocycles. The molecule has 5 N–H and O–H groups in total. The molecule has 0 saturated carbocycles. The highest BCUT2D eigenvalue weighted by Crippen LogP contribution is 2.22. The van der Waals surface area contributed by atoms with Gasteiger partial charge in [0.15, 0.2) is 6.29 Å². The topological polar surface area (TPSA) is 120 Å². The molecule has 5 unspecified atom stereocenters. The van der Waals surface area contributed by atoms with Crippen molar-refractivity contribution in [2.24, 2.45) is 0 Å². The first-order valence-corrected chi connectivity index (χ1v) is 6.73. The van der Waals surface area contributed by atoms with Crippen LogP contribution in [0, 0.1) is 0 Å². The number of phenolic OH excluding ortho intramolecular Hbond substituents is 1. The Morgan fingerprint density at radius 2 is 1.67 bits per heavy atom. The normalized spacial score (nSPS) is 33.0. The zero-order chi connectivity index (χ0) is 15.4. The van der Waals surface area contributed by atoms with Crippen LogP contribution in [-0.2, 0) is 15.9 Å². The maximum absolute atomic E-state index is 9.78. The van der Waals surface area contributed by atoms with Crippen molar-refractivity contribution in [3.8, 4) is 5.75 Å². The van der Waals surface area contributed by atoms with E-state index in [4.69, 9.17) is 14.6 Å². The summed E-state index contributed by atoms with van der Waals surface area (Å²) in [4.78, 5) is 0. The van der Waals surface area contributed by atoms with Gasteiger partial charge < -0.3 is 35.0 Å². The van der Waals surface area contributed by atoms with Gasteiger partial charge in [0.2, 0.25) is 0 Å². The lowest BCUT2D eigenvalue weighted by atomic mass is 9.99. The van der Waals surface area contributed by atoms with Crippen LogP contribution < -0.4 is 0 Å². The Morgan fingerprint density at radius 1 is 1.00 bits per heavy atom. The molecule has 118 valence electrons. The zero-order valence-electron chi connectivity index (χ0n) is 11.4. The highest BCUT2D eigenvalue weighted by molar-refractivity contribution is 5.25. The molecular weight excluding hydrogens is 280 g/mol. The van der Waals surface area contributed by atoms with Crippen molar-refractivity contribution in [3.63, 3.8) is 0 Å². The molecule has 1 saturated heterocycles. The third-order valence-corrected chi connectivity index (χ3v) is 3.46. The minimum absolute atomic E-state index is 0.175. The van der Waals surface area contributed by atoms with Gasteiger partial charge in [-0.15, -0.1) is 0 Å². The lowest BCUT2D eigenvalue weighted by molar-refractivity contribution is -0.300. The molecule has 0 aliphatic carbocycles. The van der Waals surface area contributed by atoms with Gasteiger partial charge in [0.1, 0.15) is 30.2 Å². The SMILES string of the molecule is OCC1OC(OCCc2ccc(O)cc2)C(O)C(O)C1O. The number of benzene rings is 1. The fraction of sp³-hybridized carbons (Fsp3) is 0.571. The first-order valence-electron chi connectivity index (χ1n) is 6.73. The van der Waals surface area contributed by atoms with E-state index in [-0.39, 0.29) is 12.4 Å². The molecule has 0 radical (unpaired) electrons. The van der Waals surface area contributed by atoms with Crippen LogP contribution in [0.25, 0.3) is 0 Å². The Bertz CT molecular complexity index is 433. The zero-order valence-corrected chi connectivity index (χ0v) is 11.4. The quantitative estimate of drug-likeness (QED) is 0.461. The number of aromatic hydroxyl groups is 1. The molecule has 21 heavy (non-hydrogen) atoms. The maximum Gasteiger partial charge on any atom is 0.186 e. The summed E-state index contributed by atoms with van der Waals surface area (Å²) in [5.74, 6) is 0.175. The molecule has 1 fully saturated rings. The van der Waals surface area contributed by atoms with Gasteiger partial charge in [-0.2, -0.15) is 0 Å². The summed E-state index contributed by atoms with van der Waals surface area (Å²) in [6.07, 6.45) is -5.77.